The Morgan fingerprint density at radius 1 is 1.53 bits per heavy atom. The Morgan fingerprint density at radius 2 is 2.27 bits per heavy atom. The predicted molar refractivity (Wildman–Crippen MR) is 60.7 cm³/mol. The highest BCUT2D eigenvalue weighted by atomic mass is 16.1. The van der Waals surface area contributed by atoms with Crippen molar-refractivity contribution in [2.45, 2.75) is 26.8 Å². The van der Waals surface area contributed by atoms with Gasteiger partial charge in [-0.15, -0.1) is 0 Å². The molecule has 1 aromatic heterocycles. The van der Waals surface area contributed by atoms with E-state index in [0.29, 0.717) is 12.6 Å². The van der Waals surface area contributed by atoms with Crippen LogP contribution in [0.3, 0.4) is 0 Å². The lowest BCUT2D eigenvalue weighted by atomic mass is 10.2. The first-order valence-electron chi connectivity index (χ1n) is 5.03. The molecule has 0 aliphatic carbocycles. The molecule has 2 N–H and O–H groups in total. The molecule has 0 saturated carbocycles. The molecular formula is C11H17N3O. The number of amides is 1. The van der Waals surface area contributed by atoms with Crippen LogP contribution in [0.25, 0.3) is 0 Å². The van der Waals surface area contributed by atoms with Crippen molar-refractivity contribution in [3.8, 4) is 0 Å². The maximum atomic E-state index is 11.5. The third-order valence-electron chi connectivity index (χ3n) is 1.97. The van der Waals surface area contributed by atoms with E-state index in [-0.39, 0.29) is 5.91 Å². The number of hydrogen-bond acceptors (Lipinski definition) is 3. The minimum absolute atomic E-state index is 0.0296. The van der Waals surface area contributed by atoms with Gasteiger partial charge in [0.1, 0.15) is 0 Å². The molecule has 0 saturated heterocycles. The summed E-state index contributed by atoms with van der Waals surface area (Å²) in [6.07, 6.45) is 3.39. The first-order chi connectivity index (χ1) is 7.09. The monoisotopic (exact) mass is 207 g/mol. The van der Waals surface area contributed by atoms with Crippen molar-refractivity contribution in [3.63, 3.8) is 0 Å². The van der Waals surface area contributed by atoms with Crippen LogP contribution in [0.5, 0.6) is 0 Å². The van der Waals surface area contributed by atoms with Crippen molar-refractivity contribution < 1.29 is 4.79 Å². The van der Waals surface area contributed by atoms with Gasteiger partial charge in [0.2, 0.25) is 5.91 Å². The van der Waals surface area contributed by atoms with Crippen molar-refractivity contribution >= 4 is 11.6 Å². The molecule has 82 valence electrons. The van der Waals surface area contributed by atoms with Gasteiger partial charge in [0.05, 0.1) is 6.54 Å². The standard InChI is InChI=1S/C11H17N3O/c1-8(2)13-7-11(15)14-10-4-5-12-6-9(10)3/h4-6,8,13H,7H2,1-3H3,(H,12,14,15). The number of nitrogens with zero attached hydrogens (tertiary/aromatic N) is 1. The Morgan fingerprint density at radius 3 is 2.87 bits per heavy atom. The maximum absolute atomic E-state index is 11.5. The van der Waals surface area contributed by atoms with Gasteiger partial charge in [0.25, 0.3) is 0 Å². The number of nitrogens with one attached hydrogen (secondary N) is 2. The normalized spacial score (nSPS) is 10.4. The summed E-state index contributed by atoms with van der Waals surface area (Å²) in [5.41, 5.74) is 1.79. The number of hydrogen-bond donors (Lipinski definition) is 2. The zero-order valence-electron chi connectivity index (χ0n) is 9.37. The fraction of sp³-hybridized carbons (Fsp3) is 0.455. The quantitative estimate of drug-likeness (QED) is 0.783. The smallest absolute Gasteiger partial charge is 0.238 e. The summed E-state index contributed by atoms with van der Waals surface area (Å²) in [4.78, 5) is 15.4. The summed E-state index contributed by atoms with van der Waals surface area (Å²) in [6.45, 7) is 6.26. The Bertz CT molecular complexity index is 336. The Hall–Kier alpha value is -1.42. The SMILES string of the molecule is Cc1cnccc1NC(=O)CNC(C)C. The second-order valence-electron chi connectivity index (χ2n) is 3.77. The van der Waals surface area contributed by atoms with Crippen LogP contribution in [0, 0.1) is 6.92 Å². The highest BCUT2D eigenvalue weighted by Crippen LogP contribution is 2.10. The van der Waals surface area contributed by atoms with Crippen LogP contribution >= 0.6 is 0 Å². The third kappa shape index (κ3) is 4.08. The zero-order chi connectivity index (χ0) is 11.3. The van der Waals surface area contributed by atoms with E-state index in [2.05, 4.69) is 15.6 Å². The molecule has 1 aromatic rings. The first kappa shape index (κ1) is 11.7. The number of aryl methyl sites for hydroxylation is 1. The van der Waals surface area contributed by atoms with Crippen LogP contribution in [-0.2, 0) is 4.79 Å². The summed E-state index contributed by atoms with van der Waals surface area (Å²) in [5, 5.41) is 5.88. The van der Waals surface area contributed by atoms with E-state index in [0.717, 1.165) is 11.3 Å². The van der Waals surface area contributed by atoms with Crippen LogP contribution in [0.4, 0.5) is 5.69 Å². The number of pyridine rings is 1. The summed E-state index contributed by atoms with van der Waals surface area (Å²) in [5.74, 6) is -0.0296. The van der Waals surface area contributed by atoms with Gasteiger partial charge in [0, 0.05) is 24.1 Å². The fourth-order valence-electron chi connectivity index (χ4n) is 1.10. The van der Waals surface area contributed by atoms with Gasteiger partial charge in [-0.05, 0) is 18.6 Å². The average Bonchev–Trinajstić information content (AvgIpc) is 2.18. The molecule has 4 heteroatoms. The van der Waals surface area contributed by atoms with Gasteiger partial charge in [-0.1, -0.05) is 13.8 Å². The van der Waals surface area contributed by atoms with E-state index in [1.54, 1.807) is 18.5 Å². The maximum Gasteiger partial charge on any atom is 0.238 e. The number of aromatic nitrogens is 1. The number of carbonyl (C=O) groups is 1. The van der Waals surface area contributed by atoms with Crippen LogP contribution < -0.4 is 10.6 Å². The van der Waals surface area contributed by atoms with Crippen molar-refractivity contribution in [1.29, 1.82) is 0 Å². The predicted octanol–water partition coefficient (Wildman–Crippen LogP) is 1.33. The highest BCUT2D eigenvalue weighted by Gasteiger charge is 2.04. The topological polar surface area (TPSA) is 54.0 Å². The lowest BCUT2D eigenvalue weighted by Crippen LogP contribution is -2.32. The largest absolute Gasteiger partial charge is 0.325 e. The number of rotatable bonds is 4. The first-order valence-corrected chi connectivity index (χ1v) is 5.03. The van der Waals surface area contributed by atoms with E-state index in [1.165, 1.54) is 0 Å². The number of anilines is 1. The van der Waals surface area contributed by atoms with Crippen LogP contribution in [-0.4, -0.2) is 23.5 Å². The summed E-state index contributed by atoms with van der Waals surface area (Å²) >= 11 is 0. The van der Waals surface area contributed by atoms with E-state index in [1.807, 2.05) is 20.8 Å². The van der Waals surface area contributed by atoms with Gasteiger partial charge >= 0.3 is 0 Å². The minimum atomic E-state index is -0.0296. The zero-order valence-corrected chi connectivity index (χ0v) is 9.37. The molecular weight excluding hydrogens is 190 g/mol. The van der Waals surface area contributed by atoms with E-state index in [4.69, 9.17) is 0 Å². The summed E-state index contributed by atoms with van der Waals surface area (Å²) in [7, 11) is 0. The Kier molecular flexibility index (Phi) is 4.24. The van der Waals surface area contributed by atoms with Crippen molar-refractivity contribution in [3.05, 3.63) is 24.0 Å². The molecule has 15 heavy (non-hydrogen) atoms. The van der Waals surface area contributed by atoms with E-state index < -0.39 is 0 Å². The number of carbonyl (C=O) groups excluding carboxylic acids is 1. The second-order valence-corrected chi connectivity index (χ2v) is 3.77. The molecule has 1 amide bonds. The average molecular weight is 207 g/mol. The van der Waals surface area contributed by atoms with Gasteiger partial charge in [-0.3, -0.25) is 9.78 Å². The molecule has 0 aliphatic rings. The lowest BCUT2D eigenvalue weighted by molar-refractivity contribution is -0.115. The van der Waals surface area contributed by atoms with Gasteiger partial charge in [-0.25, -0.2) is 0 Å². The lowest BCUT2D eigenvalue weighted by Gasteiger charge is -2.10. The molecule has 0 aromatic carbocycles. The van der Waals surface area contributed by atoms with Gasteiger partial charge < -0.3 is 10.6 Å². The molecule has 0 unspecified atom stereocenters. The molecule has 0 radical (unpaired) electrons. The van der Waals surface area contributed by atoms with Gasteiger partial charge in [0.15, 0.2) is 0 Å². The van der Waals surface area contributed by atoms with Crippen LogP contribution in [0.15, 0.2) is 18.5 Å². The van der Waals surface area contributed by atoms with E-state index >= 15 is 0 Å². The van der Waals surface area contributed by atoms with Crippen LogP contribution in [0.2, 0.25) is 0 Å². The molecule has 1 rings (SSSR count). The second kappa shape index (κ2) is 5.46. The minimum Gasteiger partial charge on any atom is -0.325 e. The molecule has 0 aliphatic heterocycles. The van der Waals surface area contributed by atoms with Crippen molar-refractivity contribution in [2.24, 2.45) is 0 Å². The van der Waals surface area contributed by atoms with E-state index in [9.17, 15) is 4.79 Å². The molecule has 0 bridgehead atoms. The Balaban J connectivity index is 2.48. The molecule has 0 spiro atoms. The molecule has 4 nitrogen and oxygen atoms in total. The Labute approximate surface area is 90.1 Å². The summed E-state index contributed by atoms with van der Waals surface area (Å²) < 4.78 is 0. The fourth-order valence-corrected chi connectivity index (χ4v) is 1.10. The highest BCUT2D eigenvalue weighted by molar-refractivity contribution is 5.92. The molecule has 0 atom stereocenters. The van der Waals surface area contributed by atoms with Crippen molar-refractivity contribution in [2.75, 3.05) is 11.9 Å². The summed E-state index contributed by atoms with van der Waals surface area (Å²) in [6, 6.07) is 2.11. The van der Waals surface area contributed by atoms with Gasteiger partial charge in [-0.2, -0.15) is 0 Å². The van der Waals surface area contributed by atoms with Crippen molar-refractivity contribution in [1.82, 2.24) is 10.3 Å². The molecule has 1 heterocycles. The third-order valence-corrected chi connectivity index (χ3v) is 1.97. The van der Waals surface area contributed by atoms with Crippen LogP contribution in [0.1, 0.15) is 19.4 Å². The molecule has 0 fully saturated rings.